The van der Waals surface area contributed by atoms with Gasteiger partial charge in [-0.3, -0.25) is 0 Å². The minimum Gasteiger partial charge on any atom is -0.489 e. The van der Waals surface area contributed by atoms with Gasteiger partial charge in [0.15, 0.2) is 23.3 Å². The quantitative estimate of drug-likeness (QED) is 0.0370. The summed E-state index contributed by atoms with van der Waals surface area (Å²) in [5, 5.41) is 6.21. The maximum atomic E-state index is 7.01. The van der Waals surface area contributed by atoms with Crippen molar-refractivity contribution >= 4 is 88.3 Å². The number of aromatic nitrogens is 16. The second kappa shape index (κ2) is 43.2. The number of rotatable bonds is 32. The number of H-pyrrole nitrogens is 2. The average Bonchev–Trinajstić information content (AvgIpc) is 1.58. The number of hydrogen-bond acceptors (Lipinski definition) is 20. The van der Waals surface area contributed by atoms with Crippen molar-refractivity contribution in [3.05, 3.63) is 146 Å². The van der Waals surface area contributed by atoms with Crippen LogP contribution in [0.25, 0.3) is 179 Å². The molecule has 0 fully saturated rings. The predicted molar refractivity (Wildman–Crippen MR) is 583 cm³/mol. The van der Waals surface area contributed by atoms with Crippen LogP contribution in [0, 0.1) is 94.7 Å². The molecule has 0 unspecified atom stereocenters. The van der Waals surface area contributed by atoms with Gasteiger partial charge >= 0.3 is 17.1 Å². The molecule has 24 nitrogen and oxygen atoms in total. The Hall–Kier alpha value is -12.6. The summed E-state index contributed by atoms with van der Waals surface area (Å²) in [5.41, 5.74) is 10.0. The Kier molecular flexibility index (Phi) is 31.4. The number of fused-ring (bicyclic) bond motifs is 40. The average molecular weight is 2000 g/mol. The first-order chi connectivity index (χ1) is 68.6. The largest absolute Gasteiger partial charge is 2.00 e. The van der Waals surface area contributed by atoms with E-state index in [2.05, 4.69) is 244 Å². The van der Waals surface area contributed by atoms with Gasteiger partial charge in [0.25, 0.3) is 0 Å². The van der Waals surface area contributed by atoms with E-state index in [1.54, 1.807) is 0 Å². The monoisotopic (exact) mass is 2000 g/mol. The van der Waals surface area contributed by atoms with Gasteiger partial charge in [-0.25, -0.2) is 39.9 Å². The van der Waals surface area contributed by atoms with Crippen LogP contribution in [0.5, 0.6) is 46.0 Å². The van der Waals surface area contributed by atoms with E-state index in [-0.39, 0.29) is 161 Å². The molecule has 0 saturated carbocycles. The van der Waals surface area contributed by atoms with E-state index in [0.29, 0.717) is 138 Å². The fourth-order valence-corrected chi connectivity index (χ4v) is 21.9. The van der Waals surface area contributed by atoms with E-state index in [0.717, 1.165) is 87.6 Å². The van der Waals surface area contributed by atoms with E-state index in [9.17, 15) is 0 Å². The Balaban J connectivity index is 0.000000206. The predicted octanol–water partition coefficient (Wildman–Crippen LogP) is 29.5. The summed E-state index contributed by atoms with van der Waals surface area (Å²) in [6.45, 7) is 70.2. The summed E-state index contributed by atoms with van der Waals surface area (Å²) >= 11 is 0. The minimum atomic E-state index is -0.0817. The molecule has 0 amide bonds. The second-order valence-corrected chi connectivity index (χ2v) is 45.1. The molecule has 0 atom stereocenters. The third-order valence-electron chi connectivity index (χ3n) is 28.1. The van der Waals surface area contributed by atoms with Crippen LogP contribution >= 0.6 is 0 Å². The fourth-order valence-electron chi connectivity index (χ4n) is 21.9. The van der Waals surface area contributed by atoms with E-state index in [4.69, 9.17) is 108 Å². The van der Waals surface area contributed by atoms with Crippen LogP contribution in [0.2, 0.25) is 0 Å². The van der Waals surface area contributed by atoms with Gasteiger partial charge in [0.05, 0.1) is 56.3 Å². The molecule has 1 radical (unpaired) electrons. The Morgan fingerprint density at radius 3 is 0.593 bits per heavy atom. The molecule has 8 aromatic carbocycles. The standard InChI is InChI=1S/C60H74N8O4.C60H72N8O4.Cu/c2*1-29(2)49(30(3)4)69-41-25-17-21-37-45(41)57-61-53(37)66-58-47-39(23-19-27-43(47)71-51(33(9)10)34(11)12)55(63-58)68-60-48-40(24-20-28-44(48)72-52(35(13)14)36(15)16)56(64-60)67-59-46-38(54(62-59)65-57)22-18-26-42(46)70-50(31(5)6)32(7)8;/h17-36,49-52H,1-16H3,(H2,61,62,63,64,65,66,67,68);17-36,49-52H,1-16H3;/q;-2;+2. The summed E-state index contributed by atoms with van der Waals surface area (Å²) < 4.78 is 56.0. The van der Waals surface area contributed by atoms with Gasteiger partial charge < -0.3 is 77.8 Å². The van der Waals surface area contributed by atoms with Crippen molar-refractivity contribution in [2.24, 2.45) is 94.7 Å². The van der Waals surface area contributed by atoms with Gasteiger partial charge in [-0.05, 0) is 154 Å². The Morgan fingerprint density at radius 1 is 0.179 bits per heavy atom. The first kappa shape index (κ1) is 105. The third-order valence-corrected chi connectivity index (χ3v) is 28.1. The number of nitrogens with zero attached hydrogens (tertiary/aromatic N) is 14. The van der Waals surface area contributed by atoms with Gasteiger partial charge in [-0.2, -0.15) is 0 Å². The maximum Gasteiger partial charge on any atom is 2.00 e. The molecule has 10 heterocycles. The number of ether oxygens (including phenoxy) is 8. The molecule has 16 bridgehead atoms. The van der Waals surface area contributed by atoms with Crippen molar-refractivity contribution in [1.29, 1.82) is 0 Å². The topological polar surface area (TPSA) is 288 Å². The molecule has 0 spiro atoms. The van der Waals surface area contributed by atoms with Crippen molar-refractivity contribution in [1.82, 2.24) is 79.7 Å². The van der Waals surface area contributed by atoms with E-state index in [1.807, 2.05) is 133 Å². The Bertz CT molecular complexity index is 6530. The molecule has 0 aliphatic carbocycles. The van der Waals surface area contributed by atoms with Crippen molar-refractivity contribution in [3.63, 3.8) is 0 Å². The van der Waals surface area contributed by atoms with Gasteiger partial charge in [0, 0.05) is 66.4 Å². The molecule has 18 rings (SSSR count). The van der Waals surface area contributed by atoms with Gasteiger partial charge in [0.2, 0.25) is 0 Å². The van der Waals surface area contributed by atoms with Crippen LogP contribution in [-0.4, -0.2) is 119 Å². The van der Waals surface area contributed by atoms with E-state index >= 15 is 0 Å². The molecule has 6 aromatic heterocycles. The molecule has 25 heteroatoms. The van der Waals surface area contributed by atoms with Crippen molar-refractivity contribution in [3.8, 4) is 137 Å². The van der Waals surface area contributed by atoms with Crippen molar-refractivity contribution in [2.45, 2.75) is 270 Å². The van der Waals surface area contributed by atoms with Crippen LogP contribution in [0.3, 0.4) is 0 Å². The first-order valence-electron chi connectivity index (χ1n) is 52.5. The van der Waals surface area contributed by atoms with Gasteiger partial charge in [-0.1, -0.05) is 319 Å². The number of nitrogens with one attached hydrogen (secondary N) is 2. The van der Waals surface area contributed by atoms with Crippen LogP contribution in [0.1, 0.15) is 222 Å². The summed E-state index contributed by atoms with van der Waals surface area (Å²) in [4.78, 5) is 82.6. The maximum absolute atomic E-state index is 7.01. The van der Waals surface area contributed by atoms with Crippen LogP contribution in [0.15, 0.2) is 146 Å². The number of benzene rings is 8. The Morgan fingerprint density at radius 2 is 0.359 bits per heavy atom. The zero-order valence-electron chi connectivity index (χ0n) is 90.5. The molecule has 4 aliphatic rings. The molecule has 2 N–H and O–H groups in total. The van der Waals surface area contributed by atoms with Crippen LogP contribution in [0.4, 0.5) is 0 Å². The van der Waals surface area contributed by atoms with Crippen LogP contribution < -0.4 is 47.9 Å². The normalized spacial score (nSPS) is 12.7. The number of aromatic amines is 2. The zero-order valence-corrected chi connectivity index (χ0v) is 91.5. The molecular weight excluding hydrogens is 1860 g/mol. The van der Waals surface area contributed by atoms with Crippen molar-refractivity contribution in [2.75, 3.05) is 0 Å². The van der Waals surface area contributed by atoms with Crippen molar-refractivity contribution < 1.29 is 55.0 Å². The van der Waals surface area contributed by atoms with Crippen LogP contribution in [-0.2, 0) is 17.1 Å². The molecule has 765 valence electrons. The van der Waals surface area contributed by atoms with Gasteiger partial charge in [-0.15, -0.1) is 0 Å². The fraction of sp³-hybridized carbons (Fsp3) is 0.467. The summed E-state index contributed by atoms with van der Waals surface area (Å²) in [5.74, 6) is 12.9. The molecule has 145 heavy (non-hydrogen) atoms. The molecular formula is C120H146CuN16O8. The summed E-state index contributed by atoms with van der Waals surface area (Å²) in [6, 6.07) is 48.4. The van der Waals surface area contributed by atoms with E-state index < -0.39 is 0 Å². The number of hydrogen-bond donors (Lipinski definition) is 2. The molecule has 4 aliphatic heterocycles. The minimum absolute atomic E-state index is 0. The zero-order chi connectivity index (χ0) is 103. The first-order valence-corrected chi connectivity index (χ1v) is 52.5. The molecule has 0 saturated heterocycles. The van der Waals surface area contributed by atoms with Gasteiger partial charge in [0.1, 0.15) is 117 Å². The summed E-state index contributed by atoms with van der Waals surface area (Å²) in [6.07, 6.45) is -0.591. The Labute approximate surface area is 865 Å². The SMILES string of the molecule is CC(C)C(Oc1cccc2c1-c1nc-2nc2[n-]c(nc3nc(nc4[n-]c(n1)c1cccc(OC(C(C)C)C(C)C)c41)-c1cccc(OC(C(C)C)C(C)C)c1-3)c1cccc(OC(C(C)C)C(C)C)c21)C(C)C.CC(C)C(Oc1cccc2c1-c1nc-2nc2[nH]c(nc3nc(nc4[nH]c(n1)c1cccc(OC(C(C)C)C(C)C)c41)-c1cccc(OC(C(C)C)C(C)C)c1-3)c1cccc(OC(C(C)C)C(C)C)c21)C(C)C.[Cu+2]. The third kappa shape index (κ3) is 21.0. The summed E-state index contributed by atoms with van der Waals surface area (Å²) in [7, 11) is 0. The smallest absolute Gasteiger partial charge is 0.489 e. The van der Waals surface area contributed by atoms with E-state index in [1.165, 1.54) is 0 Å². The molecule has 14 aromatic rings. The second-order valence-electron chi connectivity index (χ2n) is 45.1.